The Morgan fingerprint density at radius 2 is 1.50 bits per heavy atom. The second kappa shape index (κ2) is 8.91. The standard InChI is InChI=1S/C35H27N5O2/c1-21-7-5-8-24(17-21)29-19-25-20-36-30-18-22(2)38-40(30)32(25)37-31(29)23-11-13-26(14-12-23)35(15-6-16-35)39-33(41)27-9-3-4-10-28(27)34(39)42/h3-5,7-14,17-20H,6,15-16H2,1-2H3. The third-order valence-electron chi connectivity index (χ3n) is 8.81. The Morgan fingerprint density at radius 3 is 2.17 bits per heavy atom. The normalized spacial score (nSPS) is 15.8. The number of nitrogens with zero attached hydrogens (tertiary/aromatic N) is 5. The summed E-state index contributed by atoms with van der Waals surface area (Å²) in [6.45, 7) is 4.03. The van der Waals surface area contributed by atoms with Crippen molar-refractivity contribution in [2.45, 2.75) is 38.6 Å². The molecule has 1 aliphatic carbocycles. The van der Waals surface area contributed by atoms with E-state index in [0.717, 1.165) is 75.1 Å². The first-order chi connectivity index (χ1) is 20.4. The fourth-order valence-electron chi connectivity index (χ4n) is 6.58. The molecule has 0 bridgehead atoms. The summed E-state index contributed by atoms with van der Waals surface area (Å²) in [6, 6.07) is 27.9. The molecule has 3 aromatic carbocycles. The summed E-state index contributed by atoms with van der Waals surface area (Å²) in [4.78, 5) is 38.2. The molecule has 3 aromatic heterocycles. The molecule has 0 atom stereocenters. The summed E-state index contributed by atoms with van der Waals surface area (Å²) in [5.41, 5.74) is 8.71. The Labute approximate surface area is 242 Å². The van der Waals surface area contributed by atoms with Crippen molar-refractivity contribution in [1.29, 1.82) is 0 Å². The Bertz CT molecular complexity index is 2050. The maximum atomic E-state index is 13.5. The highest BCUT2D eigenvalue weighted by atomic mass is 16.2. The van der Waals surface area contributed by atoms with Crippen LogP contribution >= 0.6 is 0 Å². The second-order valence-electron chi connectivity index (χ2n) is 11.4. The van der Waals surface area contributed by atoms with Crippen LogP contribution in [-0.2, 0) is 5.54 Å². The van der Waals surface area contributed by atoms with Crippen LogP contribution in [0.25, 0.3) is 39.1 Å². The summed E-state index contributed by atoms with van der Waals surface area (Å²) in [6.07, 6.45) is 4.33. The predicted molar refractivity (Wildman–Crippen MR) is 161 cm³/mol. The molecule has 6 aromatic rings. The van der Waals surface area contributed by atoms with Crippen molar-refractivity contribution < 1.29 is 9.59 Å². The number of fused-ring (bicyclic) bond motifs is 4. The van der Waals surface area contributed by atoms with Crippen LogP contribution < -0.4 is 0 Å². The highest BCUT2D eigenvalue weighted by molar-refractivity contribution is 6.22. The van der Waals surface area contributed by atoms with E-state index in [9.17, 15) is 9.59 Å². The van der Waals surface area contributed by atoms with E-state index in [-0.39, 0.29) is 11.8 Å². The minimum absolute atomic E-state index is 0.204. The lowest BCUT2D eigenvalue weighted by Crippen LogP contribution is -2.53. The van der Waals surface area contributed by atoms with Gasteiger partial charge in [0.1, 0.15) is 0 Å². The van der Waals surface area contributed by atoms with E-state index in [1.165, 1.54) is 4.90 Å². The molecule has 42 heavy (non-hydrogen) atoms. The lowest BCUT2D eigenvalue weighted by molar-refractivity contribution is 0.0179. The fourth-order valence-corrected chi connectivity index (χ4v) is 6.58. The number of carbonyl (C=O) groups excluding carboxylic acids is 2. The van der Waals surface area contributed by atoms with Gasteiger partial charge in [-0.25, -0.2) is 9.97 Å². The molecule has 1 saturated carbocycles. The SMILES string of the molecule is Cc1cccc(-c2cc3cnc4cc(C)nn4c3nc2-c2ccc(C3(N4C(=O)c5ccccc5C4=O)CCC3)cc2)c1. The molecule has 4 heterocycles. The van der Waals surface area contributed by atoms with Crippen LogP contribution in [0.15, 0.2) is 91.1 Å². The number of aromatic nitrogens is 4. The maximum Gasteiger partial charge on any atom is 0.262 e. The molecule has 7 heteroatoms. The van der Waals surface area contributed by atoms with Gasteiger partial charge >= 0.3 is 0 Å². The van der Waals surface area contributed by atoms with Gasteiger partial charge in [-0.2, -0.15) is 9.61 Å². The van der Waals surface area contributed by atoms with Gasteiger partial charge in [-0.1, -0.05) is 66.2 Å². The van der Waals surface area contributed by atoms with Crippen molar-refractivity contribution in [2.24, 2.45) is 0 Å². The smallest absolute Gasteiger partial charge is 0.262 e. The lowest BCUT2D eigenvalue weighted by atomic mass is 9.70. The van der Waals surface area contributed by atoms with Gasteiger partial charge in [-0.15, -0.1) is 0 Å². The van der Waals surface area contributed by atoms with E-state index < -0.39 is 5.54 Å². The van der Waals surface area contributed by atoms with E-state index >= 15 is 0 Å². The number of hydrogen-bond acceptors (Lipinski definition) is 5. The Balaban J connectivity index is 1.27. The quantitative estimate of drug-likeness (QED) is 0.223. The van der Waals surface area contributed by atoms with Crippen LogP contribution in [0.5, 0.6) is 0 Å². The van der Waals surface area contributed by atoms with E-state index in [1.807, 2.05) is 31.3 Å². The van der Waals surface area contributed by atoms with Crippen LogP contribution in [-0.4, -0.2) is 36.3 Å². The fraction of sp³-hybridized carbons (Fsp3) is 0.171. The van der Waals surface area contributed by atoms with Crippen LogP contribution in [0.4, 0.5) is 0 Å². The number of amides is 2. The third kappa shape index (κ3) is 3.49. The monoisotopic (exact) mass is 549 g/mol. The molecule has 0 spiro atoms. The van der Waals surface area contributed by atoms with Crippen molar-refractivity contribution in [3.8, 4) is 22.4 Å². The minimum Gasteiger partial charge on any atom is -0.269 e. The highest BCUT2D eigenvalue weighted by Gasteiger charge is 2.53. The van der Waals surface area contributed by atoms with E-state index in [4.69, 9.17) is 4.98 Å². The lowest BCUT2D eigenvalue weighted by Gasteiger charge is -2.48. The topological polar surface area (TPSA) is 80.5 Å². The summed E-state index contributed by atoms with van der Waals surface area (Å²) >= 11 is 0. The van der Waals surface area contributed by atoms with Gasteiger partial charge in [0.15, 0.2) is 11.3 Å². The van der Waals surface area contributed by atoms with Crippen LogP contribution in [0.1, 0.15) is 56.8 Å². The average Bonchev–Trinajstić information content (AvgIpc) is 3.49. The zero-order valence-corrected chi connectivity index (χ0v) is 23.3. The van der Waals surface area contributed by atoms with Crippen molar-refractivity contribution in [3.63, 3.8) is 0 Å². The molecule has 0 N–H and O–H groups in total. The first-order valence-corrected chi connectivity index (χ1v) is 14.2. The molecular formula is C35H27N5O2. The molecule has 7 nitrogen and oxygen atoms in total. The number of hydrogen-bond donors (Lipinski definition) is 0. The Hall–Kier alpha value is -5.17. The Morgan fingerprint density at radius 1 is 0.762 bits per heavy atom. The molecule has 2 aliphatic rings. The predicted octanol–water partition coefficient (Wildman–Crippen LogP) is 6.90. The van der Waals surface area contributed by atoms with Gasteiger partial charge in [0.2, 0.25) is 0 Å². The van der Waals surface area contributed by atoms with Gasteiger partial charge in [-0.3, -0.25) is 14.5 Å². The molecule has 1 aliphatic heterocycles. The molecule has 0 unspecified atom stereocenters. The van der Waals surface area contributed by atoms with Crippen molar-refractivity contribution in [2.75, 3.05) is 0 Å². The first-order valence-electron chi connectivity index (χ1n) is 14.2. The van der Waals surface area contributed by atoms with Gasteiger partial charge in [0, 0.05) is 28.8 Å². The van der Waals surface area contributed by atoms with Crippen LogP contribution in [0, 0.1) is 13.8 Å². The Kier molecular flexibility index (Phi) is 5.22. The van der Waals surface area contributed by atoms with Crippen LogP contribution in [0.3, 0.4) is 0 Å². The molecule has 1 fully saturated rings. The molecule has 0 saturated heterocycles. The number of pyridine rings is 1. The van der Waals surface area contributed by atoms with Crippen molar-refractivity contribution >= 4 is 28.5 Å². The first kappa shape index (κ1) is 24.6. The largest absolute Gasteiger partial charge is 0.269 e. The molecular weight excluding hydrogens is 522 g/mol. The molecule has 204 valence electrons. The van der Waals surface area contributed by atoms with E-state index in [1.54, 1.807) is 16.6 Å². The average molecular weight is 550 g/mol. The molecule has 0 radical (unpaired) electrons. The highest BCUT2D eigenvalue weighted by Crippen LogP contribution is 2.50. The summed E-state index contributed by atoms with van der Waals surface area (Å²) in [5, 5.41) is 5.56. The van der Waals surface area contributed by atoms with E-state index in [0.29, 0.717) is 11.1 Å². The van der Waals surface area contributed by atoms with Gasteiger partial charge in [0.05, 0.1) is 28.1 Å². The number of rotatable bonds is 4. The van der Waals surface area contributed by atoms with E-state index in [2.05, 4.69) is 71.6 Å². The summed E-state index contributed by atoms with van der Waals surface area (Å²) in [7, 11) is 0. The summed E-state index contributed by atoms with van der Waals surface area (Å²) in [5.74, 6) is -0.408. The molecule has 8 rings (SSSR count). The zero-order valence-electron chi connectivity index (χ0n) is 23.3. The third-order valence-corrected chi connectivity index (χ3v) is 8.81. The number of imide groups is 1. The number of benzene rings is 3. The molecule has 2 amide bonds. The minimum atomic E-state index is -0.633. The van der Waals surface area contributed by atoms with Crippen molar-refractivity contribution in [1.82, 2.24) is 24.5 Å². The summed E-state index contributed by atoms with van der Waals surface area (Å²) < 4.78 is 1.80. The van der Waals surface area contributed by atoms with Gasteiger partial charge in [0.25, 0.3) is 11.8 Å². The van der Waals surface area contributed by atoms with Crippen molar-refractivity contribution in [3.05, 3.63) is 119 Å². The zero-order chi connectivity index (χ0) is 28.6. The van der Waals surface area contributed by atoms with Gasteiger partial charge in [-0.05, 0) is 62.4 Å². The van der Waals surface area contributed by atoms with Gasteiger partial charge < -0.3 is 0 Å². The van der Waals surface area contributed by atoms with Crippen LogP contribution in [0.2, 0.25) is 0 Å². The maximum absolute atomic E-state index is 13.5. The number of aryl methyl sites for hydroxylation is 2. The second-order valence-corrected chi connectivity index (χ2v) is 11.4. The number of carbonyl (C=O) groups is 2.